The summed E-state index contributed by atoms with van der Waals surface area (Å²) in [6.45, 7) is 3.97. The van der Waals surface area contributed by atoms with Gasteiger partial charge in [0.1, 0.15) is 11.5 Å². The SMILES string of the molecule is COc1ccc(OC)c([C@H]2Nc3ccc(S(=O)(=O)Nc4ccc(C)c(C)c4)cc3[C@H]3C=CC[C@H]32)c1. The van der Waals surface area contributed by atoms with Gasteiger partial charge in [-0.25, -0.2) is 8.42 Å². The second-order valence-corrected chi connectivity index (χ2v) is 10.9. The van der Waals surface area contributed by atoms with E-state index in [0.717, 1.165) is 45.9 Å². The van der Waals surface area contributed by atoms with Crippen LogP contribution in [-0.4, -0.2) is 22.6 Å². The molecule has 0 bridgehead atoms. The fraction of sp³-hybridized carbons (Fsp3) is 0.286. The molecule has 1 aliphatic carbocycles. The summed E-state index contributed by atoms with van der Waals surface area (Å²) in [4.78, 5) is 0.257. The number of benzene rings is 3. The lowest BCUT2D eigenvalue weighted by molar-refractivity contribution is 0.374. The Morgan fingerprint density at radius 2 is 1.74 bits per heavy atom. The molecule has 0 saturated heterocycles. The van der Waals surface area contributed by atoms with Crippen molar-refractivity contribution in [2.24, 2.45) is 5.92 Å². The number of rotatable bonds is 6. The molecule has 3 aromatic carbocycles. The first-order valence-corrected chi connectivity index (χ1v) is 13.2. The molecule has 2 aliphatic rings. The Hall–Kier alpha value is -3.45. The van der Waals surface area contributed by atoms with Gasteiger partial charge in [-0.1, -0.05) is 18.2 Å². The van der Waals surface area contributed by atoms with Crippen LogP contribution in [0, 0.1) is 19.8 Å². The van der Waals surface area contributed by atoms with Gasteiger partial charge >= 0.3 is 0 Å². The molecular weight excluding hydrogens is 460 g/mol. The van der Waals surface area contributed by atoms with Gasteiger partial charge in [0.25, 0.3) is 10.0 Å². The molecule has 35 heavy (non-hydrogen) atoms. The minimum Gasteiger partial charge on any atom is -0.497 e. The molecule has 7 heteroatoms. The van der Waals surface area contributed by atoms with E-state index in [1.165, 1.54) is 0 Å². The number of methoxy groups -OCH3 is 2. The van der Waals surface area contributed by atoms with Crippen LogP contribution in [-0.2, 0) is 10.0 Å². The topological polar surface area (TPSA) is 76.7 Å². The second-order valence-electron chi connectivity index (χ2n) is 9.24. The Labute approximate surface area is 207 Å². The van der Waals surface area contributed by atoms with Crippen LogP contribution in [0.15, 0.2) is 71.6 Å². The lowest BCUT2D eigenvalue weighted by atomic mass is 9.77. The monoisotopic (exact) mass is 490 g/mol. The van der Waals surface area contributed by atoms with Crippen molar-refractivity contribution >= 4 is 21.4 Å². The summed E-state index contributed by atoms with van der Waals surface area (Å²) in [5, 5.41) is 3.66. The Bertz CT molecular complexity index is 1410. The largest absolute Gasteiger partial charge is 0.497 e. The molecule has 0 amide bonds. The van der Waals surface area contributed by atoms with E-state index >= 15 is 0 Å². The smallest absolute Gasteiger partial charge is 0.261 e. The van der Waals surface area contributed by atoms with Crippen molar-refractivity contribution < 1.29 is 17.9 Å². The molecule has 3 atom stereocenters. The summed E-state index contributed by atoms with van der Waals surface area (Å²) in [6.07, 6.45) is 5.26. The van der Waals surface area contributed by atoms with Gasteiger partial charge in [-0.2, -0.15) is 0 Å². The molecule has 3 aromatic rings. The van der Waals surface area contributed by atoms with Crippen LogP contribution >= 0.6 is 0 Å². The number of ether oxygens (including phenoxy) is 2. The van der Waals surface area contributed by atoms with E-state index in [4.69, 9.17) is 9.47 Å². The minimum absolute atomic E-state index is 0.00339. The molecule has 1 heterocycles. The molecule has 182 valence electrons. The summed E-state index contributed by atoms with van der Waals surface area (Å²) in [6, 6.07) is 16.7. The van der Waals surface area contributed by atoms with Crippen LogP contribution in [0.2, 0.25) is 0 Å². The van der Waals surface area contributed by atoms with Crippen molar-refractivity contribution in [3.63, 3.8) is 0 Å². The summed E-state index contributed by atoms with van der Waals surface area (Å²) >= 11 is 0. The number of aryl methyl sites for hydroxylation is 2. The Balaban J connectivity index is 1.50. The van der Waals surface area contributed by atoms with E-state index in [1.807, 2.05) is 50.2 Å². The molecule has 0 fully saturated rings. The summed E-state index contributed by atoms with van der Waals surface area (Å²) in [5.41, 5.74) is 5.67. The second kappa shape index (κ2) is 8.96. The number of hydrogen-bond acceptors (Lipinski definition) is 5. The Kier molecular flexibility index (Phi) is 5.97. The summed E-state index contributed by atoms with van der Waals surface area (Å²) in [7, 11) is -0.400. The van der Waals surface area contributed by atoms with Crippen LogP contribution in [0.25, 0.3) is 0 Å². The quantitative estimate of drug-likeness (QED) is 0.418. The number of allylic oxidation sites excluding steroid dienone is 2. The van der Waals surface area contributed by atoms with Gasteiger partial charge in [-0.3, -0.25) is 4.72 Å². The molecule has 0 saturated carbocycles. The van der Waals surface area contributed by atoms with Gasteiger partial charge in [-0.15, -0.1) is 0 Å². The average Bonchev–Trinajstić information content (AvgIpc) is 3.35. The number of hydrogen-bond donors (Lipinski definition) is 2. The third-order valence-electron chi connectivity index (χ3n) is 7.18. The molecule has 1 aliphatic heterocycles. The van der Waals surface area contributed by atoms with Crippen molar-refractivity contribution in [1.82, 2.24) is 0 Å². The third-order valence-corrected chi connectivity index (χ3v) is 8.55. The van der Waals surface area contributed by atoms with E-state index in [9.17, 15) is 8.42 Å². The van der Waals surface area contributed by atoms with Crippen molar-refractivity contribution in [2.45, 2.75) is 37.1 Å². The normalized spacial score (nSPS) is 20.5. The van der Waals surface area contributed by atoms with E-state index in [0.29, 0.717) is 5.69 Å². The van der Waals surface area contributed by atoms with Gasteiger partial charge in [-0.05, 0) is 91.4 Å². The molecule has 0 spiro atoms. The highest BCUT2D eigenvalue weighted by molar-refractivity contribution is 7.92. The standard InChI is InChI=1S/C28H30N2O4S/c1-17-8-9-19(14-18(17)2)30-35(31,32)21-11-12-26-24(16-21)22-6-5-7-23(22)28(29-26)25-15-20(33-3)10-13-27(25)34-4/h5-6,8-16,22-23,28-30H,7H2,1-4H3/t22-,23+,28-/m0/s1. The maximum atomic E-state index is 13.2. The Morgan fingerprint density at radius 3 is 2.49 bits per heavy atom. The van der Waals surface area contributed by atoms with Crippen molar-refractivity contribution in [3.05, 3.63) is 89.0 Å². The first kappa shape index (κ1) is 23.3. The van der Waals surface area contributed by atoms with Crippen LogP contribution < -0.4 is 19.5 Å². The summed E-state index contributed by atoms with van der Waals surface area (Å²) < 4.78 is 40.3. The minimum atomic E-state index is -3.73. The maximum Gasteiger partial charge on any atom is 0.261 e. The zero-order valence-electron chi connectivity index (χ0n) is 20.3. The van der Waals surface area contributed by atoms with Crippen LogP contribution in [0.5, 0.6) is 11.5 Å². The number of anilines is 2. The van der Waals surface area contributed by atoms with Crippen LogP contribution in [0.4, 0.5) is 11.4 Å². The van der Waals surface area contributed by atoms with Crippen molar-refractivity contribution in [3.8, 4) is 11.5 Å². The van der Waals surface area contributed by atoms with Gasteiger partial charge < -0.3 is 14.8 Å². The number of nitrogens with one attached hydrogen (secondary N) is 2. The highest BCUT2D eigenvalue weighted by atomic mass is 32.2. The van der Waals surface area contributed by atoms with Crippen LogP contribution in [0.1, 0.15) is 40.6 Å². The van der Waals surface area contributed by atoms with E-state index in [-0.39, 0.29) is 22.8 Å². The molecule has 6 nitrogen and oxygen atoms in total. The predicted molar refractivity (Wildman–Crippen MR) is 139 cm³/mol. The average molecular weight is 491 g/mol. The van der Waals surface area contributed by atoms with Gasteiger partial charge in [0.05, 0.1) is 25.2 Å². The van der Waals surface area contributed by atoms with Gasteiger partial charge in [0, 0.05) is 22.9 Å². The molecule has 0 unspecified atom stereocenters. The maximum absolute atomic E-state index is 13.2. The molecule has 2 N–H and O–H groups in total. The predicted octanol–water partition coefficient (Wildman–Crippen LogP) is 5.95. The van der Waals surface area contributed by atoms with Gasteiger partial charge in [0.2, 0.25) is 0 Å². The van der Waals surface area contributed by atoms with E-state index < -0.39 is 10.0 Å². The molecule has 0 aromatic heterocycles. The fourth-order valence-corrected chi connectivity index (χ4v) is 6.23. The van der Waals surface area contributed by atoms with Crippen molar-refractivity contribution in [2.75, 3.05) is 24.3 Å². The molecule has 5 rings (SSSR count). The van der Waals surface area contributed by atoms with E-state index in [1.54, 1.807) is 32.4 Å². The highest BCUT2D eigenvalue weighted by Gasteiger charge is 2.39. The first-order chi connectivity index (χ1) is 16.8. The zero-order chi connectivity index (χ0) is 24.7. The zero-order valence-corrected chi connectivity index (χ0v) is 21.1. The molecular formula is C28H30N2O4S. The van der Waals surface area contributed by atoms with Crippen molar-refractivity contribution in [1.29, 1.82) is 0 Å². The molecule has 0 radical (unpaired) electrons. The third kappa shape index (κ3) is 4.25. The summed E-state index contributed by atoms with van der Waals surface area (Å²) in [5.74, 6) is 1.90. The lowest BCUT2D eigenvalue weighted by Gasteiger charge is -2.38. The van der Waals surface area contributed by atoms with E-state index in [2.05, 4.69) is 22.2 Å². The first-order valence-electron chi connectivity index (χ1n) is 11.7. The van der Waals surface area contributed by atoms with Gasteiger partial charge in [0.15, 0.2) is 0 Å². The number of fused-ring (bicyclic) bond motifs is 3. The lowest BCUT2D eigenvalue weighted by Crippen LogP contribution is -2.29. The highest BCUT2D eigenvalue weighted by Crippen LogP contribution is 2.52. The van der Waals surface area contributed by atoms with Crippen LogP contribution in [0.3, 0.4) is 0 Å². The Morgan fingerprint density at radius 1 is 0.914 bits per heavy atom. The number of sulfonamides is 1. The fourth-order valence-electron chi connectivity index (χ4n) is 5.15.